The predicted molar refractivity (Wildman–Crippen MR) is 74.0 cm³/mol. The Balaban J connectivity index is 2.54. The van der Waals surface area contributed by atoms with Crippen molar-refractivity contribution in [1.82, 2.24) is 9.55 Å². The third-order valence-corrected chi connectivity index (χ3v) is 3.22. The lowest BCUT2D eigenvalue weighted by Gasteiger charge is -2.11. The minimum Gasteiger partial charge on any atom is -0.303 e. The van der Waals surface area contributed by atoms with Crippen molar-refractivity contribution < 1.29 is 4.92 Å². The van der Waals surface area contributed by atoms with Crippen molar-refractivity contribution in [3.8, 4) is 5.69 Å². The molecule has 0 fully saturated rings. The molecule has 0 atom stereocenters. The molecule has 100 valence electrons. The van der Waals surface area contributed by atoms with Crippen LogP contribution in [0.2, 0.25) is 5.02 Å². The van der Waals surface area contributed by atoms with E-state index in [1.165, 1.54) is 6.07 Å². The summed E-state index contributed by atoms with van der Waals surface area (Å²) in [6, 6.07) is 3.11. The van der Waals surface area contributed by atoms with Gasteiger partial charge >= 0.3 is 0 Å². The first-order valence-electron chi connectivity index (χ1n) is 6.01. The Kier molecular flexibility index (Phi) is 3.85. The van der Waals surface area contributed by atoms with Crippen LogP contribution in [0.25, 0.3) is 5.69 Å². The van der Waals surface area contributed by atoms with E-state index in [2.05, 4.69) is 11.9 Å². The minimum atomic E-state index is -0.472. The van der Waals surface area contributed by atoms with E-state index in [-0.39, 0.29) is 10.7 Å². The summed E-state index contributed by atoms with van der Waals surface area (Å²) in [7, 11) is 0. The maximum Gasteiger partial charge on any atom is 0.288 e. The molecule has 1 aromatic heterocycles. The van der Waals surface area contributed by atoms with Gasteiger partial charge in [-0.15, -0.1) is 0 Å². The number of nitro groups is 1. The Labute approximate surface area is 116 Å². The zero-order valence-corrected chi connectivity index (χ0v) is 11.5. The number of nitro benzene ring substituents is 1. The number of hydrogen-bond donors (Lipinski definition) is 0. The smallest absolute Gasteiger partial charge is 0.288 e. The van der Waals surface area contributed by atoms with Crippen molar-refractivity contribution in [3.05, 3.63) is 51.1 Å². The number of rotatable bonds is 4. The van der Waals surface area contributed by atoms with E-state index in [9.17, 15) is 10.1 Å². The standard InChI is InChI=1S/C13H14ClN3O2/c1-3-4-13-15-5-6-16(13)11-8-10(14)12(17(18)19)7-9(11)2/h5-8H,3-4H2,1-2H3. The van der Waals surface area contributed by atoms with Crippen LogP contribution in [-0.2, 0) is 6.42 Å². The molecular weight excluding hydrogens is 266 g/mol. The number of nitrogens with zero attached hydrogens (tertiary/aromatic N) is 3. The van der Waals surface area contributed by atoms with Crippen LogP contribution in [0.15, 0.2) is 24.5 Å². The van der Waals surface area contributed by atoms with Gasteiger partial charge in [-0.3, -0.25) is 10.1 Å². The summed E-state index contributed by atoms with van der Waals surface area (Å²) in [6.45, 7) is 3.91. The van der Waals surface area contributed by atoms with Gasteiger partial charge < -0.3 is 4.57 Å². The predicted octanol–water partition coefficient (Wildman–Crippen LogP) is 3.69. The van der Waals surface area contributed by atoms with Crippen molar-refractivity contribution in [2.45, 2.75) is 26.7 Å². The number of benzene rings is 1. The van der Waals surface area contributed by atoms with Crippen LogP contribution in [-0.4, -0.2) is 14.5 Å². The van der Waals surface area contributed by atoms with Crippen molar-refractivity contribution in [3.63, 3.8) is 0 Å². The van der Waals surface area contributed by atoms with E-state index in [1.807, 2.05) is 17.7 Å². The molecule has 0 unspecified atom stereocenters. The molecule has 6 heteroatoms. The van der Waals surface area contributed by atoms with Gasteiger partial charge in [-0.2, -0.15) is 0 Å². The fraction of sp³-hybridized carbons (Fsp3) is 0.308. The lowest BCUT2D eigenvalue weighted by Crippen LogP contribution is -2.03. The van der Waals surface area contributed by atoms with Crippen LogP contribution in [0.1, 0.15) is 24.7 Å². The van der Waals surface area contributed by atoms with Gasteiger partial charge in [0.1, 0.15) is 10.8 Å². The molecule has 0 aliphatic heterocycles. The van der Waals surface area contributed by atoms with Gasteiger partial charge in [0.05, 0.1) is 10.6 Å². The van der Waals surface area contributed by atoms with Gasteiger partial charge in [0, 0.05) is 24.9 Å². The van der Waals surface area contributed by atoms with E-state index in [1.54, 1.807) is 12.3 Å². The summed E-state index contributed by atoms with van der Waals surface area (Å²) in [4.78, 5) is 14.7. The average Bonchev–Trinajstić information content (AvgIpc) is 2.80. The molecule has 0 amide bonds. The molecular formula is C13H14ClN3O2. The zero-order valence-electron chi connectivity index (χ0n) is 10.8. The summed E-state index contributed by atoms with van der Waals surface area (Å²) in [5.41, 5.74) is 1.56. The van der Waals surface area contributed by atoms with Crippen LogP contribution in [0.3, 0.4) is 0 Å². The fourth-order valence-electron chi connectivity index (χ4n) is 2.02. The summed E-state index contributed by atoms with van der Waals surface area (Å²) < 4.78 is 1.93. The molecule has 0 bridgehead atoms. The Morgan fingerprint density at radius 3 is 2.84 bits per heavy atom. The Hall–Kier alpha value is -1.88. The summed E-state index contributed by atoms with van der Waals surface area (Å²) >= 11 is 5.97. The quantitative estimate of drug-likeness (QED) is 0.633. The Morgan fingerprint density at radius 2 is 2.21 bits per heavy atom. The van der Waals surface area contributed by atoms with Crippen molar-refractivity contribution in [1.29, 1.82) is 0 Å². The molecule has 0 spiro atoms. The summed E-state index contributed by atoms with van der Waals surface area (Å²) in [5, 5.41) is 11.0. The summed E-state index contributed by atoms with van der Waals surface area (Å²) in [5.74, 6) is 0.926. The first-order chi connectivity index (χ1) is 9.04. The molecule has 19 heavy (non-hydrogen) atoms. The molecule has 1 aromatic carbocycles. The second-order valence-corrected chi connectivity index (χ2v) is 4.72. The monoisotopic (exact) mass is 279 g/mol. The van der Waals surface area contributed by atoms with Crippen LogP contribution >= 0.6 is 11.6 Å². The number of hydrogen-bond acceptors (Lipinski definition) is 3. The molecule has 5 nitrogen and oxygen atoms in total. The Bertz CT molecular complexity index is 622. The normalized spacial score (nSPS) is 10.7. The number of aromatic nitrogens is 2. The lowest BCUT2D eigenvalue weighted by molar-refractivity contribution is -0.384. The topological polar surface area (TPSA) is 61.0 Å². The van der Waals surface area contributed by atoms with E-state index >= 15 is 0 Å². The first kappa shape index (κ1) is 13.5. The van der Waals surface area contributed by atoms with Crippen LogP contribution in [0.5, 0.6) is 0 Å². The van der Waals surface area contributed by atoms with E-state index in [0.717, 1.165) is 29.9 Å². The highest BCUT2D eigenvalue weighted by molar-refractivity contribution is 6.32. The number of aryl methyl sites for hydroxylation is 2. The van der Waals surface area contributed by atoms with Crippen molar-refractivity contribution >= 4 is 17.3 Å². The molecule has 0 aliphatic rings. The number of imidazole rings is 1. The highest BCUT2D eigenvalue weighted by Crippen LogP contribution is 2.30. The van der Waals surface area contributed by atoms with Gasteiger partial charge in [-0.05, 0) is 25.0 Å². The maximum atomic E-state index is 10.8. The molecule has 1 heterocycles. The highest BCUT2D eigenvalue weighted by atomic mass is 35.5. The molecule has 0 aliphatic carbocycles. The van der Waals surface area contributed by atoms with Gasteiger partial charge in [0.25, 0.3) is 5.69 Å². The molecule has 0 N–H and O–H groups in total. The van der Waals surface area contributed by atoms with Crippen molar-refractivity contribution in [2.24, 2.45) is 0 Å². The van der Waals surface area contributed by atoms with E-state index in [0.29, 0.717) is 0 Å². The largest absolute Gasteiger partial charge is 0.303 e. The average molecular weight is 280 g/mol. The minimum absolute atomic E-state index is 0.0694. The van der Waals surface area contributed by atoms with Crippen LogP contribution in [0, 0.1) is 17.0 Å². The van der Waals surface area contributed by atoms with Gasteiger partial charge in [-0.1, -0.05) is 18.5 Å². The number of halogens is 1. The maximum absolute atomic E-state index is 10.8. The third kappa shape index (κ3) is 2.61. The third-order valence-electron chi connectivity index (χ3n) is 2.91. The van der Waals surface area contributed by atoms with E-state index < -0.39 is 4.92 Å². The van der Waals surface area contributed by atoms with Gasteiger partial charge in [0.2, 0.25) is 0 Å². The van der Waals surface area contributed by atoms with Crippen molar-refractivity contribution in [2.75, 3.05) is 0 Å². The Morgan fingerprint density at radius 1 is 1.47 bits per heavy atom. The first-order valence-corrected chi connectivity index (χ1v) is 6.39. The SMILES string of the molecule is CCCc1nccn1-c1cc(Cl)c([N+](=O)[O-])cc1C. The van der Waals surface area contributed by atoms with Gasteiger partial charge in [0.15, 0.2) is 0 Å². The second-order valence-electron chi connectivity index (χ2n) is 4.31. The summed E-state index contributed by atoms with van der Waals surface area (Å²) in [6.07, 6.45) is 5.40. The molecule has 0 saturated heterocycles. The van der Waals surface area contributed by atoms with E-state index in [4.69, 9.17) is 11.6 Å². The molecule has 0 radical (unpaired) electrons. The van der Waals surface area contributed by atoms with Crippen LogP contribution < -0.4 is 0 Å². The lowest BCUT2D eigenvalue weighted by atomic mass is 10.1. The molecule has 0 saturated carbocycles. The zero-order chi connectivity index (χ0) is 14.0. The second kappa shape index (κ2) is 5.40. The fourth-order valence-corrected chi connectivity index (χ4v) is 2.24. The van der Waals surface area contributed by atoms with Gasteiger partial charge in [-0.25, -0.2) is 4.98 Å². The molecule has 2 aromatic rings. The highest BCUT2D eigenvalue weighted by Gasteiger charge is 2.16. The molecule has 2 rings (SSSR count). The van der Waals surface area contributed by atoms with Crippen LogP contribution in [0.4, 0.5) is 5.69 Å².